The number of aromatic nitrogens is 2. The molecule has 1 unspecified atom stereocenters. The maximum atomic E-state index is 13.4. The number of aryl methyl sites for hydroxylation is 1. The van der Waals surface area contributed by atoms with Gasteiger partial charge in [0.2, 0.25) is 0 Å². The summed E-state index contributed by atoms with van der Waals surface area (Å²) < 4.78 is 0. The zero-order valence-electron chi connectivity index (χ0n) is 17.1. The molecule has 1 atom stereocenters. The molecule has 3 aromatic rings. The number of nitrogens with one attached hydrogen (secondary N) is 1. The molecule has 1 aromatic carbocycles. The second-order valence-electron chi connectivity index (χ2n) is 7.53. The van der Waals surface area contributed by atoms with Crippen LogP contribution in [0.3, 0.4) is 0 Å². The van der Waals surface area contributed by atoms with Crippen LogP contribution in [0.2, 0.25) is 0 Å². The molecule has 1 N–H and O–H groups in total. The van der Waals surface area contributed by atoms with Crippen molar-refractivity contribution in [2.24, 2.45) is 0 Å². The van der Waals surface area contributed by atoms with Gasteiger partial charge in [-0.2, -0.15) is 5.26 Å². The first-order valence-corrected chi connectivity index (χ1v) is 9.91. The monoisotopic (exact) mass is 421 g/mol. The van der Waals surface area contributed by atoms with E-state index in [2.05, 4.69) is 28.3 Å². The van der Waals surface area contributed by atoms with Gasteiger partial charge >= 0.3 is 0 Å². The number of nitrogens with zero attached hydrogens (tertiary/aromatic N) is 4. The van der Waals surface area contributed by atoms with Crippen molar-refractivity contribution in [3.8, 4) is 6.07 Å². The van der Waals surface area contributed by atoms with Crippen molar-refractivity contribution >= 4 is 40.7 Å². The van der Waals surface area contributed by atoms with Crippen LogP contribution < -0.4 is 5.32 Å². The first-order chi connectivity index (χ1) is 14.1. The van der Waals surface area contributed by atoms with Gasteiger partial charge in [0.05, 0.1) is 22.9 Å². The van der Waals surface area contributed by atoms with E-state index in [-0.39, 0.29) is 24.4 Å². The van der Waals surface area contributed by atoms with E-state index in [9.17, 15) is 10.1 Å². The average molecular weight is 422 g/mol. The van der Waals surface area contributed by atoms with Crippen molar-refractivity contribution < 1.29 is 4.79 Å². The summed E-state index contributed by atoms with van der Waals surface area (Å²) in [7, 11) is 0. The van der Waals surface area contributed by atoms with Gasteiger partial charge in [-0.05, 0) is 63.4 Å². The van der Waals surface area contributed by atoms with Crippen LogP contribution in [0, 0.1) is 18.3 Å². The molecule has 7 heteroatoms. The number of carbonyl (C=O) groups excluding carboxylic acids is 1. The van der Waals surface area contributed by atoms with Crippen LogP contribution in [-0.4, -0.2) is 33.4 Å². The lowest BCUT2D eigenvalue weighted by Gasteiger charge is -2.34. The Balaban J connectivity index is 0.00000256. The molecule has 1 aliphatic heterocycles. The highest BCUT2D eigenvalue weighted by atomic mass is 35.5. The van der Waals surface area contributed by atoms with E-state index < -0.39 is 0 Å². The van der Waals surface area contributed by atoms with Crippen molar-refractivity contribution in [1.29, 1.82) is 5.26 Å². The summed E-state index contributed by atoms with van der Waals surface area (Å²) >= 11 is 0. The maximum absolute atomic E-state index is 13.4. The molecule has 0 bridgehead atoms. The number of likely N-dealkylation sites (tertiary alicyclic amines) is 1. The lowest BCUT2D eigenvalue weighted by molar-refractivity contribution is 0.0636. The molecule has 0 radical (unpaired) electrons. The minimum absolute atomic E-state index is 0. The topological polar surface area (TPSA) is 81.9 Å². The second-order valence-corrected chi connectivity index (χ2v) is 7.53. The maximum Gasteiger partial charge on any atom is 0.257 e. The highest BCUT2D eigenvalue weighted by Crippen LogP contribution is 2.31. The SMILES string of the molecule is Cc1ccc2c(Nc3cccc(C#N)c3)c(C(=O)N3CCCCC3C)cnc2n1.Cl. The molecule has 0 spiro atoms. The molecule has 6 nitrogen and oxygen atoms in total. The average Bonchev–Trinajstić information content (AvgIpc) is 2.74. The lowest BCUT2D eigenvalue weighted by Crippen LogP contribution is -2.42. The van der Waals surface area contributed by atoms with Crippen molar-refractivity contribution in [3.63, 3.8) is 0 Å². The third-order valence-electron chi connectivity index (χ3n) is 5.42. The number of piperidine rings is 1. The van der Waals surface area contributed by atoms with Crippen molar-refractivity contribution in [3.05, 3.63) is 59.4 Å². The van der Waals surface area contributed by atoms with E-state index >= 15 is 0 Å². The Morgan fingerprint density at radius 3 is 2.87 bits per heavy atom. The van der Waals surface area contributed by atoms with Crippen LogP contribution >= 0.6 is 12.4 Å². The summed E-state index contributed by atoms with van der Waals surface area (Å²) in [6.07, 6.45) is 4.80. The number of carbonyl (C=O) groups is 1. The van der Waals surface area contributed by atoms with Gasteiger partial charge in [0.1, 0.15) is 0 Å². The summed E-state index contributed by atoms with van der Waals surface area (Å²) in [4.78, 5) is 24.3. The molecular weight excluding hydrogens is 398 g/mol. The van der Waals surface area contributed by atoms with Crippen molar-refractivity contribution in [1.82, 2.24) is 14.9 Å². The molecule has 3 heterocycles. The largest absolute Gasteiger partial charge is 0.354 e. The predicted octanol–water partition coefficient (Wildman–Crippen LogP) is 4.99. The first-order valence-electron chi connectivity index (χ1n) is 9.91. The molecule has 4 rings (SSSR count). The van der Waals surface area contributed by atoms with E-state index in [4.69, 9.17) is 0 Å². The first kappa shape index (κ1) is 21.5. The molecule has 0 saturated carbocycles. The Morgan fingerprint density at radius 2 is 2.10 bits per heavy atom. The van der Waals surface area contributed by atoms with Crippen LogP contribution in [0.4, 0.5) is 11.4 Å². The number of pyridine rings is 2. The number of anilines is 2. The number of rotatable bonds is 3. The molecule has 0 aliphatic carbocycles. The smallest absolute Gasteiger partial charge is 0.257 e. The molecule has 1 amide bonds. The van der Waals surface area contributed by atoms with Gasteiger partial charge in [-0.15, -0.1) is 12.4 Å². The van der Waals surface area contributed by atoms with Gasteiger partial charge in [-0.25, -0.2) is 9.97 Å². The minimum Gasteiger partial charge on any atom is -0.354 e. The molecule has 30 heavy (non-hydrogen) atoms. The number of amides is 1. The Kier molecular flexibility index (Phi) is 6.53. The minimum atomic E-state index is -0.0221. The van der Waals surface area contributed by atoms with Crippen LogP contribution in [0.5, 0.6) is 0 Å². The van der Waals surface area contributed by atoms with E-state index in [0.717, 1.165) is 42.6 Å². The van der Waals surface area contributed by atoms with Crippen molar-refractivity contribution in [2.75, 3.05) is 11.9 Å². The van der Waals surface area contributed by atoms with Crippen LogP contribution in [-0.2, 0) is 0 Å². The van der Waals surface area contributed by atoms with E-state index in [0.29, 0.717) is 22.5 Å². The number of halogens is 1. The summed E-state index contributed by atoms with van der Waals surface area (Å²) in [5.74, 6) is -0.0221. The Hall–Kier alpha value is -3.17. The highest BCUT2D eigenvalue weighted by Gasteiger charge is 2.27. The van der Waals surface area contributed by atoms with E-state index in [1.807, 2.05) is 36.1 Å². The fourth-order valence-corrected chi connectivity index (χ4v) is 3.83. The summed E-state index contributed by atoms with van der Waals surface area (Å²) in [5, 5.41) is 13.4. The van der Waals surface area contributed by atoms with E-state index in [1.165, 1.54) is 0 Å². The second kappa shape index (κ2) is 9.10. The van der Waals surface area contributed by atoms with Crippen LogP contribution in [0.1, 0.15) is 47.8 Å². The molecular formula is C23H24ClN5O. The molecule has 1 aliphatic rings. The number of benzene rings is 1. The molecule has 2 aromatic heterocycles. The van der Waals surface area contributed by atoms with E-state index in [1.54, 1.807) is 18.3 Å². The van der Waals surface area contributed by atoms with Crippen LogP contribution in [0.25, 0.3) is 11.0 Å². The molecule has 1 saturated heterocycles. The summed E-state index contributed by atoms with van der Waals surface area (Å²) in [6, 6.07) is 13.4. The fourth-order valence-electron chi connectivity index (χ4n) is 3.83. The summed E-state index contributed by atoms with van der Waals surface area (Å²) in [6.45, 7) is 4.77. The Labute approximate surface area is 182 Å². The normalized spacial score (nSPS) is 15.9. The standard InChI is InChI=1S/C23H23N5O.ClH/c1-15-9-10-19-21(27-18-8-5-7-17(12-18)13-24)20(14-25-22(19)26-15)23(29)28-11-4-3-6-16(28)2;/h5,7-10,12,14,16H,3-4,6,11H2,1-2H3,(H,25,26,27);1H. The zero-order chi connectivity index (χ0) is 20.4. The highest BCUT2D eigenvalue weighted by molar-refractivity contribution is 6.07. The van der Waals surface area contributed by atoms with Gasteiger partial charge < -0.3 is 10.2 Å². The number of nitriles is 1. The fraction of sp³-hybridized carbons (Fsp3) is 0.304. The molecule has 1 fully saturated rings. The third kappa shape index (κ3) is 4.22. The quantitative estimate of drug-likeness (QED) is 0.644. The summed E-state index contributed by atoms with van der Waals surface area (Å²) in [5.41, 5.74) is 3.97. The molecule has 154 valence electrons. The van der Waals surface area contributed by atoms with Gasteiger partial charge in [-0.1, -0.05) is 6.07 Å². The van der Waals surface area contributed by atoms with Crippen molar-refractivity contribution in [2.45, 2.75) is 39.2 Å². The third-order valence-corrected chi connectivity index (χ3v) is 5.42. The van der Waals surface area contributed by atoms with Gasteiger partial charge in [0.15, 0.2) is 5.65 Å². The van der Waals surface area contributed by atoms with Gasteiger partial charge in [0, 0.05) is 35.6 Å². The zero-order valence-corrected chi connectivity index (χ0v) is 17.9. The number of hydrogen-bond acceptors (Lipinski definition) is 5. The van der Waals surface area contributed by atoms with Gasteiger partial charge in [-0.3, -0.25) is 4.79 Å². The van der Waals surface area contributed by atoms with Crippen LogP contribution in [0.15, 0.2) is 42.6 Å². The van der Waals surface area contributed by atoms with Gasteiger partial charge in [0.25, 0.3) is 5.91 Å². The number of hydrogen-bond donors (Lipinski definition) is 1. The lowest BCUT2D eigenvalue weighted by atomic mass is 10.0. The Bertz CT molecular complexity index is 1120. The Morgan fingerprint density at radius 1 is 1.27 bits per heavy atom. The number of fused-ring (bicyclic) bond motifs is 1. The predicted molar refractivity (Wildman–Crippen MR) is 120 cm³/mol.